The summed E-state index contributed by atoms with van der Waals surface area (Å²) in [6.07, 6.45) is -4.48. The zero-order chi connectivity index (χ0) is 18.2. The largest absolute Gasteiger partial charge is 0.416 e. The van der Waals surface area contributed by atoms with E-state index < -0.39 is 17.6 Å². The lowest BCUT2D eigenvalue weighted by atomic mass is 10.1. The summed E-state index contributed by atoms with van der Waals surface area (Å²) in [6, 6.07) is 12.3. The van der Waals surface area contributed by atoms with E-state index >= 15 is 0 Å². The van der Waals surface area contributed by atoms with Crippen molar-refractivity contribution in [3.8, 4) is 0 Å². The molecule has 2 aromatic carbocycles. The number of amides is 1. The molecule has 1 heterocycles. The van der Waals surface area contributed by atoms with Gasteiger partial charge in [-0.3, -0.25) is 4.79 Å². The number of halogens is 3. The summed E-state index contributed by atoms with van der Waals surface area (Å²) < 4.78 is 38.9. The van der Waals surface area contributed by atoms with Crippen molar-refractivity contribution in [2.45, 2.75) is 6.18 Å². The molecular formula is C18H16F3N3O. The van der Waals surface area contributed by atoms with Crippen molar-refractivity contribution in [1.29, 1.82) is 0 Å². The molecule has 0 aliphatic carbocycles. The lowest BCUT2D eigenvalue weighted by Crippen LogP contribution is -2.18. The number of para-hydroxylation sites is 1. The van der Waals surface area contributed by atoms with Crippen LogP contribution in [0.2, 0.25) is 0 Å². The molecule has 3 aromatic rings. The average Bonchev–Trinajstić information content (AvgIpc) is 2.98. The third kappa shape index (κ3) is 3.45. The summed E-state index contributed by atoms with van der Waals surface area (Å²) in [7, 11) is 3.39. The summed E-state index contributed by atoms with van der Waals surface area (Å²) in [5.74, 6) is -0.501. The minimum Gasteiger partial charge on any atom is -0.376 e. The minimum atomic E-state index is -4.48. The second-order valence-corrected chi connectivity index (χ2v) is 5.85. The highest BCUT2D eigenvalue weighted by atomic mass is 19.4. The molecule has 0 bridgehead atoms. The molecule has 25 heavy (non-hydrogen) atoms. The number of fused-ring (bicyclic) bond motifs is 1. The molecule has 7 heteroatoms. The highest BCUT2D eigenvalue weighted by Crippen LogP contribution is 2.35. The second kappa shape index (κ2) is 6.16. The van der Waals surface area contributed by atoms with Crippen molar-refractivity contribution < 1.29 is 18.0 Å². The number of carbonyl (C=O) groups is 1. The number of hydrogen-bond donors (Lipinski definition) is 2. The van der Waals surface area contributed by atoms with Crippen LogP contribution in [0.25, 0.3) is 10.9 Å². The predicted molar refractivity (Wildman–Crippen MR) is 92.0 cm³/mol. The van der Waals surface area contributed by atoms with Gasteiger partial charge in [0.1, 0.15) is 5.69 Å². The van der Waals surface area contributed by atoms with Crippen molar-refractivity contribution >= 4 is 28.2 Å². The number of hydrogen-bond acceptors (Lipinski definition) is 2. The van der Waals surface area contributed by atoms with E-state index in [9.17, 15) is 18.0 Å². The van der Waals surface area contributed by atoms with Crippen LogP contribution in [-0.2, 0) is 6.18 Å². The van der Waals surface area contributed by atoms with E-state index in [1.165, 1.54) is 6.07 Å². The molecule has 0 spiro atoms. The molecule has 0 saturated carbocycles. The number of carbonyl (C=O) groups excluding carboxylic acids is 1. The zero-order valence-corrected chi connectivity index (χ0v) is 13.6. The van der Waals surface area contributed by atoms with Gasteiger partial charge in [-0.2, -0.15) is 13.2 Å². The van der Waals surface area contributed by atoms with Gasteiger partial charge in [-0.05, 0) is 30.3 Å². The average molecular weight is 347 g/mol. The van der Waals surface area contributed by atoms with Crippen LogP contribution in [0.4, 0.5) is 24.5 Å². The Bertz CT molecular complexity index is 896. The third-order valence-electron chi connectivity index (χ3n) is 3.83. The fourth-order valence-electron chi connectivity index (χ4n) is 2.59. The highest BCUT2D eigenvalue weighted by molar-refractivity contribution is 6.07. The zero-order valence-electron chi connectivity index (χ0n) is 13.6. The molecule has 3 rings (SSSR count). The Morgan fingerprint density at radius 3 is 2.44 bits per heavy atom. The predicted octanol–water partition coefficient (Wildman–Crippen LogP) is 4.51. The molecule has 0 atom stereocenters. The fourth-order valence-corrected chi connectivity index (χ4v) is 2.59. The van der Waals surface area contributed by atoms with Gasteiger partial charge in [0.2, 0.25) is 0 Å². The Labute approximate surface area is 142 Å². The monoisotopic (exact) mass is 347 g/mol. The van der Waals surface area contributed by atoms with Crippen molar-refractivity contribution in [2.24, 2.45) is 0 Å². The number of alkyl halides is 3. The number of nitrogens with zero attached hydrogens (tertiary/aromatic N) is 1. The first-order valence-electron chi connectivity index (χ1n) is 7.53. The summed E-state index contributed by atoms with van der Waals surface area (Å²) in [5, 5.41) is 3.42. The Morgan fingerprint density at radius 1 is 1.08 bits per heavy atom. The quantitative estimate of drug-likeness (QED) is 0.733. The fraction of sp³-hybridized carbons (Fsp3) is 0.167. The van der Waals surface area contributed by atoms with Gasteiger partial charge in [0.15, 0.2) is 0 Å². The number of nitrogens with one attached hydrogen (secondary N) is 2. The van der Waals surface area contributed by atoms with E-state index in [4.69, 9.17) is 0 Å². The molecule has 0 radical (unpaired) electrons. The molecule has 0 aliphatic heterocycles. The number of aromatic nitrogens is 1. The van der Waals surface area contributed by atoms with Crippen LogP contribution in [0, 0.1) is 0 Å². The van der Waals surface area contributed by atoms with Crippen LogP contribution in [0.1, 0.15) is 16.1 Å². The van der Waals surface area contributed by atoms with Gasteiger partial charge in [0.05, 0.1) is 16.9 Å². The molecule has 130 valence electrons. The first-order chi connectivity index (χ1) is 11.8. The normalized spacial score (nSPS) is 11.6. The molecule has 1 amide bonds. The molecule has 0 saturated heterocycles. The second-order valence-electron chi connectivity index (χ2n) is 5.85. The van der Waals surface area contributed by atoms with Crippen molar-refractivity contribution in [1.82, 2.24) is 4.98 Å². The van der Waals surface area contributed by atoms with Crippen LogP contribution >= 0.6 is 0 Å². The first-order valence-corrected chi connectivity index (χ1v) is 7.53. The Balaban J connectivity index is 1.96. The number of rotatable bonds is 3. The van der Waals surface area contributed by atoms with Gasteiger partial charge in [-0.25, -0.2) is 0 Å². The van der Waals surface area contributed by atoms with Crippen molar-refractivity contribution in [3.05, 3.63) is 59.8 Å². The maximum absolute atomic E-state index is 13.0. The number of aromatic amines is 1. The Morgan fingerprint density at radius 2 is 1.80 bits per heavy atom. The highest BCUT2D eigenvalue weighted by Gasteiger charge is 2.31. The smallest absolute Gasteiger partial charge is 0.376 e. The van der Waals surface area contributed by atoms with Crippen LogP contribution in [-0.4, -0.2) is 25.0 Å². The molecule has 0 aliphatic rings. The maximum atomic E-state index is 13.0. The SMILES string of the molecule is CN(C)c1ccc(C(F)(F)F)cc1NC(=O)c1cc2ccccc2[nH]1. The number of anilines is 2. The van der Waals surface area contributed by atoms with Crippen LogP contribution in [0.5, 0.6) is 0 Å². The van der Waals surface area contributed by atoms with E-state index in [1.54, 1.807) is 25.1 Å². The standard InChI is InChI=1S/C18H16F3N3O/c1-24(2)16-8-7-12(18(19,20)21)10-14(16)23-17(25)15-9-11-5-3-4-6-13(11)22-15/h3-10,22H,1-2H3,(H,23,25). The van der Waals surface area contributed by atoms with E-state index in [0.29, 0.717) is 5.69 Å². The van der Waals surface area contributed by atoms with Crippen LogP contribution in [0.15, 0.2) is 48.5 Å². The van der Waals surface area contributed by atoms with Crippen molar-refractivity contribution in [2.75, 3.05) is 24.3 Å². The molecule has 0 fully saturated rings. The van der Waals surface area contributed by atoms with E-state index in [0.717, 1.165) is 23.0 Å². The van der Waals surface area contributed by atoms with Gasteiger partial charge in [0, 0.05) is 25.0 Å². The van der Waals surface area contributed by atoms with Gasteiger partial charge >= 0.3 is 6.18 Å². The van der Waals surface area contributed by atoms with Crippen molar-refractivity contribution in [3.63, 3.8) is 0 Å². The number of H-pyrrole nitrogens is 1. The summed E-state index contributed by atoms with van der Waals surface area (Å²) >= 11 is 0. The van der Waals surface area contributed by atoms with Gasteiger partial charge in [-0.15, -0.1) is 0 Å². The van der Waals surface area contributed by atoms with Gasteiger partial charge in [-0.1, -0.05) is 18.2 Å². The number of benzene rings is 2. The molecular weight excluding hydrogens is 331 g/mol. The van der Waals surface area contributed by atoms with E-state index in [-0.39, 0.29) is 11.4 Å². The summed E-state index contributed by atoms with van der Waals surface area (Å²) in [4.78, 5) is 17.1. The van der Waals surface area contributed by atoms with Crippen LogP contribution < -0.4 is 10.2 Å². The Hall–Kier alpha value is -2.96. The summed E-state index contributed by atoms with van der Waals surface area (Å²) in [6.45, 7) is 0. The molecule has 1 aromatic heterocycles. The first kappa shape index (κ1) is 16.9. The lowest BCUT2D eigenvalue weighted by molar-refractivity contribution is -0.137. The van der Waals surface area contributed by atoms with E-state index in [2.05, 4.69) is 10.3 Å². The molecule has 2 N–H and O–H groups in total. The minimum absolute atomic E-state index is 0.100. The van der Waals surface area contributed by atoms with Gasteiger partial charge < -0.3 is 15.2 Å². The molecule has 4 nitrogen and oxygen atoms in total. The summed E-state index contributed by atoms with van der Waals surface area (Å²) in [5.41, 5.74) is 0.832. The van der Waals surface area contributed by atoms with Crippen LogP contribution in [0.3, 0.4) is 0 Å². The molecule has 0 unspecified atom stereocenters. The lowest BCUT2D eigenvalue weighted by Gasteiger charge is -2.19. The van der Waals surface area contributed by atoms with E-state index in [1.807, 2.05) is 24.3 Å². The Kier molecular flexibility index (Phi) is 4.16. The third-order valence-corrected chi connectivity index (χ3v) is 3.83. The maximum Gasteiger partial charge on any atom is 0.416 e. The van der Waals surface area contributed by atoms with Gasteiger partial charge in [0.25, 0.3) is 5.91 Å². The topological polar surface area (TPSA) is 48.1 Å².